The Morgan fingerprint density at radius 1 is 1.22 bits per heavy atom. The Morgan fingerprint density at radius 3 is 2.28 bits per heavy atom. The highest BCUT2D eigenvalue weighted by molar-refractivity contribution is 6.27. The number of hydrogen-bond acceptors (Lipinski definition) is 4. The molecule has 90 valence electrons. The molecule has 1 aromatic rings. The SMILES string of the molecule is C#CCCOC(=O)N1C(=O)c2ccccc2C1=O. The summed E-state index contributed by atoms with van der Waals surface area (Å²) in [6, 6.07) is 6.23. The highest BCUT2D eigenvalue weighted by Crippen LogP contribution is 2.22. The molecule has 0 radical (unpaired) electrons. The summed E-state index contributed by atoms with van der Waals surface area (Å²) in [5, 5.41) is 0. The number of benzene rings is 1. The van der Waals surface area contributed by atoms with Gasteiger partial charge in [-0.15, -0.1) is 12.3 Å². The van der Waals surface area contributed by atoms with Gasteiger partial charge in [0.2, 0.25) is 0 Å². The van der Waals surface area contributed by atoms with Crippen LogP contribution in [0.1, 0.15) is 27.1 Å². The molecule has 0 saturated heterocycles. The van der Waals surface area contributed by atoms with E-state index in [-0.39, 0.29) is 24.2 Å². The number of nitrogens with zero attached hydrogens (tertiary/aromatic N) is 1. The van der Waals surface area contributed by atoms with E-state index >= 15 is 0 Å². The first-order valence-corrected chi connectivity index (χ1v) is 5.25. The molecule has 0 unspecified atom stereocenters. The van der Waals surface area contributed by atoms with E-state index in [9.17, 15) is 14.4 Å². The van der Waals surface area contributed by atoms with Crippen LogP contribution < -0.4 is 0 Å². The van der Waals surface area contributed by atoms with Gasteiger partial charge in [0.15, 0.2) is 0 Å². The number of rotatable bonds is 2. The van der Waals surface area contributed by atoms with Crippen molar-refractivity contribution in [1.29, 1.82) is 0 Å². The molecule has 1 aliphatic rings. The third-order valence-corrected chi connectivity index (χ3v) is 2.45. The first kappa shape index (κ1) is 11.9. The summed E-state index contributed by atoms with van der Waals surface area (Å²) >= 11 is 0. The van der Waals surface area contributed by atoms with Gasteiger partial charge in [0.1, 0.15) is 6.61 Å². The van der Waals surface area contributed by atoms with Crippen molar-refractivity contribution < 1.29 is 19.1 Å². The number of ether oxygens (including phenoxy) is 1. The molecule has 0 N–H and O–H groups in total. The minimum absolute atomic E-state index is 0.0251. The fraction of sp³-hybridized carbons (Fsp3) is 0.154. The maximum atomic E-state index is 11.8. The van der Waals surface area contributed by atoms with Gasteiger partial charge in [-0.3, -0.25) is 9.59 Å². The van der Waals surface area contributed by atoms with Crippen LogP contribution in [-0.4, -0.2) is 29.4 Å². The van der Waals surface area contributed by atoms with Crippen LogP contribution in [0, 0.1) is 12.3 Å². The zero-order chi connectivity index (χ0) is 13.1. The van der Waals surface area contributed by atoms with Crippen molar-refractivity contribution in [3.05, 3.63) is 35.4 Å². The number of imide groups is 3. The van der Waals surface area contributed by atoms with Crippen LogP contribution in [0.2, 0.25) is 0 Å². The molecular formula is C13H9NO4. The van der Waals surface area contributed by atoms with Crippen molar-refractivity contribution >= 4 is 17.9 Å². The number of amides is 3. The molecule has 2 rings (SSSR count). The predicted octanol–water partition coefficient (Wildman–Crippen LogP) is 1.44. The summed E-state index contributed by atoms with van der Waals surface area (Å²) < 4.78 is 4.74. The van der Waals surface area contributed by atoms with E-state index in [1.807, 2.05) is 0 Å². The van der Waals surface area contributed by atoms with Gasteiger partial charge >= 0.3 is 6.09 Å². The predicted molar refractivity (Wildman–Crippen MR) is 61.7 cm³/mol. The van der Waals surface area contributed by atoms with Crippen LogP contribution in [0.3, 0.4) is 0 Å². The average molecular weight is 243 g/mol. The highest BCUT2D eigenvalue weighted by atomic mass is 16.6. The van der Waals surface area contributed by atoms with E-state index in [4.69, 9.17) is 11.2 Å². The van der Waals surface area contributed by atoms with E-state index in [2.05, 4.69) is 5.92 Å². The maximum absolute atomic E-state index is 11.8. The number of carbonyl (C=O) groups excluding carboxylic acids is 3. The second-order valence-corrected chi connectivity index (χ2v) is 3.56. The first-order chi connectivity index (χ1) is 8.66. The van der Waals surface area contributed by atoms with Gasteiger partial charge in [-0.25, -0.2) is 4.79 Å². The quantitative estimate of drug-likeness (QED) is 0.448. The minimum Gasteiger partial charge on any atom is -0.448 e. The molecular weight excluding hydrogens is 234 g/mol. The summed E-state index contributed by atoms with van der Waals surface area (Å²) in [6.07, 6.45) is 4.24. The molecule has 0 fully saturated rings. The van der Waals surface area contributed by atoms with E-state index in [1.165, 1.54) is 12.1 Å². The van der Waals surface area contributed by atoms with Crippen molar-refractivity contribution in [2.75, 3.05) is 6.61 Å². The summed E-state index contributed by atoms with van der Waals surface area (Å²) in [4.78, 5) is 35.8. The smallest absolute Gasteiger partial charge is 0.424 e. The van der Waals surface area contributed by atoms with E-state index in [0.717, 1.165) is 0 Å². The van der Waals surface area contributed by atoms with E-state index in [1.54, 1.807) is 12.1 Å². The lowest BCUT2D eigenvalue weighted by molar-refractivity contribution is 0.0591. The Labute approximate surface area is 103 Å². The lowest BCUT2D eigenvalue weighted by Crippen LogP contribution is -2.36. The number of fused-ring (bicyclic) bond motifs is 1. The first-order valence-electron chi connectivity index (χ1n) is 5.25. The molecule has 1 aliphatic heterocycles. The molecule has 0 aromatic heterocycles. The molecule has 1 heterocycles. The third kappa shape index (κ3) is 1.84. The lowest BCUT2D eigenvalue weighted by atomic mass is 10.1. The molecule has 0 aliphatic carbocycles. The van der Waals surface area contributed by atoms with Crippen molar-refractivity contribution in [2.45, 2.75) is 6.42 Å². The van der Waals surface area contributed by atoms with Gasteiger partial charge in [-0.1, -0.05) is 12.1 Å². The van der Waals surface area contributed by atoms with Crippen LogP contribution in [0.25, 0.3) is 0 Å². The normalized spacial score (nSPS) is 13.2. The summed E-state index contributed by atoms with van der Waals surface area (Å²) in [7, 11) is 0. The Hall–Kier alpha value is -2.61. The second kappa shape index (κ2) is 4.72. The van der Waals surface area contributed by atoms with Crippen molar-refractivity contribution in [1.82, 2.24) is 4.90 Å². The van der Waals surface area contributed by atoms with E-state index < -0.39 is 17.9 Å². The van der Waals surface area contributed by atoms with Crippen molar-refractivity contribution in [3.8, 4) is 12.3 Å². The van der Waals surface area contributed by atoms with E-state index in [0.29, 0.717) is 4.90 Å². The average Bonchev–Trinajstić information content (AvgIpc) is 2.63. The fourth-order valence-electron chi connectivity index (χ4n) is 1.62. The number of terminal acetylenes is 1. The van der Waals surface area contributed by atoms with Gasteiger partial charge in [0, 0.05) is 6.42 Å². The standard InChI is InChI=1S/C13H9NO4/c1-2-3-8-18-13(17)14-11(15)9-6-4-5-7-10(9)12(14)16/h1,4-7H,3,8H2. The van der Waals surface area contributed by atoms with Gasteiger partial charge in [-0.2, -0.15) is 4.90 Å². The Kier molecular flexibility index (Phi) is 3.11. The molecule has 1 aromatic carbocycles. The number of carbonyl (C=O) groups is 3. The summed E-state index contributed by atoms with van der Waals surface area (Å²) in [5.74, 6) is 0.957. The summed E-state index contributed by atoms with van der Waals surface area (Å²) in [6.45, 7) is -0.0251. The van der Waals surface area contributed by atoms with Gasteiger partial charge in [0.25, 0.3) is 11.8 Å². The highest BCUT2D eigenvalue weighted by Gasteiger charge is 2.40. The topological polar surface area (TPSA) is 63.7 Å². The van der Waals surface area contributed by atoms with Crippen LogP contribution in [0.5, 0.6) is 0 Å². The lowest BCUT2D eigenvalue weighted by Gasteiger charge is -2.11. The Morgan fingerprint density at radius 2 is 1.78 bits per heavy atom. The molecule has 0 atom stereocenters. The maximum Gasteiger partial charge on any atom is 0.424 e. The Balaban J connectivity index is 2.19. The van der Waals surface area contributed by atoms with Crippen molar-refractivity contribution in [3.63, 3.8) is 0 Å². The molecule has 0 spiro atoms. The molecule has 0 saturated carbocycles. The van der Waals surface area contributed by atoms with Gasteiger partial charge < -0.3 is 4.74 Å². The van der Waals surface area contributed by atoms with Crippen LogP contribution in [-0.2, 0) is 4.74 Å². The minimum atomic E-state index is -0.989. The second-order valence-electron chi connectivity index (χ2n) is 3.56. The Bertz CT molecular complexity index is 536. The summed E-state index contributed by atoms with van der Waals surface area (Å²) in [5.41, 5.74) is 0.410. The van der Waals surface area contributed by atoms with Gasteiger partial charge in [-0.05, 0) is 12.1 Å². The largest absolute Gasteiger partial charge is 0.448 e. The number of hydrogen-bond donors (Lipinski definition) is 0. The van der Waals surface area contributed by atoms with Crippen LogP contribution in [0.15, 0.2) is 24.3 Å². The monoisotopic (exact) mass is 243 g/mol. The zero-order valence-corrected chi connectivity index (χ0v) is 9.38. The van der Waals surface area contributed by atoms with Gasteiger partial charge in [0.05, 0.1) is 11.1 Å². The molecule has 3 amide bonds. The molecule has 5 heteroatoms. The van der Waals surface area contributed by atoms with Crippen LogP contribution in [0.4, 0.5) is 4.79 Å². The molecule has 5 nitrogen and oxygen atoms in total. The fourth-order valence-corrected chi connectivity index (χ4v) is 1.62. The zero-order valence-electron chi connectivity index (χ0n) is 9.38. The van der Waals surface area contributed by atoms with Crippen molar-refractivity contribution in [2.24, 2.45) is 0 Å². The van der Waals surface area contributed by atoms with Crippen LogP contribution >= 0.6 is 0 Å². The molecule has 18 heavy (non-hydrogen) atoms. The third-order valence-electron chi connectivity index (χ3n) is 2.45. The molecule has 0 bridgehead atoms.